The van der Waals surface area contributed by atoms with Crippen molar-refractivity contribution in [1.29, 1.82) is 0 Å². The number of piperazine rings is 1. The molecule has 0 saturated carbocycles. The molecule has 4 aromatic rings. The largest absolute Gasteiger partial charge is 0.496 e. The summed E-state index contributed by atoms with van der Waals surface area (Å²) in [7, 11) is 1.51. The van der Waals surface area contributed by atoms with Crippen molar-refractivity contribution in [2.24, 2.45) is 11.3 Å². The van der Waals surface area contributed by atoms with Gasteiger partial charge in [-0.1, -0.05) is 74.5 Å². The number of amides is 2. The highest BCUT2D eigenvalue weighted by Gasteiger charge is 2.61. The molecule has 0 aliphatic carbocycles. The number of anilines is 2. The van der Waals surface area contributed by atoms with Crippen LogP contribution in [0.3, 0.4) is 0 Å². The molecule has 1 atom stereocenters. The summed E-state index contributed by atoms with van der Waals surface area (Å²) >= 11 is 0. The van der Waals surface area contributed by atoms with Crippen LogP contribution >= 0.6 is 0 Å². The Morgan fingerprint density at radius 3 is 2.02 bits per heavy atom. The Kier molecular flexibility index (Phi) is 12.3. The normalized spacial score (nSPS) is 18.7. The predicted molar refractivity (Wildman–Crippen MR) is 213 cm³/mol. The van der Waals surface area contributed by atoms with Crippen molar-refractivity contribution in [2.45, 2.75) is 58.8 Å². The second kappa shape index (κ2) is 17.5. The maximum atomic E-state index is 16.4. The van der Waals surface area contributed by atoms with Gasteiger partial charge in [-0.15, -0.1) is 0 Å². The van der Waals surface area contributed by atoms with Gasteiger partial charge in [0.05, 0.1) is 29.9 Å². The minimum Gasteiger partial charge on any atom is -0.496 e. The molecule has 9 nitrogen and oxygen atoms in total. The van der Waals surface area contributed by atoms with E-state index >= 15 is 8.78 Å². The topological polar surface area (TPSA) is 74.8 Å². The average Bonchev–Trinajstić information content (AvgIpc) is 3.23. The van der Waals surface area contributed by atoms with E-state index < -0.39 is 28.9 Å². The van der Waals surface area contributed by atoms with E-state index in [0.29, 0.717) is 61.9 Å². The van der Waals surface area contributed by atoms with Gasteiger partial charge in [0.15, 0.2) is 11.6 Å². The maximum absolute atomic E-state index is 16.4. The lowest BCUT2D eigenvalue weighted by molar-refractivity contribution is -0.141. The number of halogens is 3. The van der Waals surface area contributed by atoms with Crippen LogP contribution in [0, 0.1) is 28.8 Å². The zero-order valence-electron chi connectivity index (χ0n) is 32.9. The molecule has 0 aromatic heterocycles. The van der Waals surface area contributed by atoms with Crippen LogP contribution in [0.1, 0.15) is 62.3 Å². The number of rotatable bonds is 13. The first kappa shape index (κ1) is 40.0. The van der Waals surface area contributed by atoms with Gasteiger partial charge in [-0.25, -0.2) is 18.0 Å². The Morgan fingerprint density at radius 1 is 0.772 bits per heavy atom. The fraction of sp³-hybridized carbons (Fsp3) is 0.422. The molecule has 3 aliphatic heterocycles. The van der Waals surface area contributed by atoms with Gasteiger partial charge in [-0.05, 0) is 48.8 Å². The number of nitrogens with zero attached hydrogens (tertiary/aromatic N) is 4. The smallest absolute Gasteiger partial charge is 0.410 e. The van der Waals surface area contributed by atoms with Crippen molar-refractivity contribution in [2.75, 3.05) is 62.7 Å². The van der Waals surface area contributed by atoms with Crippen LogP contribution < -0.4 is 19.3 Å². The molecular formula is C45H51F3N4O5. The number of hydrogen-bond donors (Lipinski definition) is 0. The number of carbonyl (C=O) groups excluding carboxylic acids is 2. The van der Waals surface area contributed by atoms with Gasteiger partial charge in [-0.2, -0.15) is 0 Å². The monoisotopic (exact) mass is 784 g/mol. The van der Waals surface area contributed by atoms with E-state index in [0.717, 1.165) is 55.7 Å². The Morgan fingerprint density at radius 2 is 1.40 bits per heavy atom. The molecule has 0 bridgehead atoms. The summed E-state index contributed by atoms with van der Waals surface area (Å²) in [6.45, 7) is 9.04. The third kappa shape index (κ3) is 8.28. The third-order valence-electron chi connectivity index (χ3n) is 12.1. The Bertz CT molecular complexity index is 2020. The Labute approximate surface area is 332 Å². The summed E-state index contributed by atoms with van der Waals surface area (Å²) in [6, 6.07) is 23.0. The number of ether oxygens (including phenoxy) is 3. The summed E-state index contributed by atoms with van der Waals surface area (Å²) in [4.78, 5) is 34.3. The molecule has 12 heteroatoms. The highest BCUT2D eigenvalue weighted by atomic mass is 19.1. The lowest BCUT2D eigenvalue weighted by atomic mass is 9.64. The molecule has 0 unspecified atom stereocenters. The molecule has 57 heavy (non-hydrogen) atoms. The predicted octanol–water partition coefficient (Wildman–Crippen LogP) is 8.76. The van der Waals surface area contributed by atoms with Gasteiger partial charge in [0.2, 0.25) is 5.91 Å². The number of hydrogen-bond acceptors (Lipinski definition) is 7. The standard InChI is InChI=1S/C45H51F3N4O5/c1-4-45(5-2)42(52(43(45)53)39-25-34(46)24-37(48)41(39)56-29-32-12-8-6-9-13-32)35-26-36(47)38(27-40(35)55-3)50-18-16-31(17-19-50)28-49-20-22-51(23-21-49)44(54)57-30-33-14-10-7-11-15-33/h6-15,24-27,31,42H,4-5,16-23,28-30H2,1-3H3/t42-/m0/s1. The third-order valence-corrected chi connectivity index (χ3v) is 12.1. The van der Waals surface area contributed by atoms with Crippen LogP contribution in [0.2, 0.25) is 0 Å². The Balaban J connectivity index is 1.03. The molecular weight excluding hydrogens is 734 g/mol. The van der Waals surface area contributed by atoms with E-state index in [1.165, 1.54) is 18.1 Å². The second-order valence-corrected chi connectivity index (χ2v) is 15.3. The summed E-state index contributed by atoms with van der Waals surface area (Å²) in [5, 5.41) is 0. The molecule has 3 fully saturated rings. The van der Waals surface area contributed by atoms with E-state index in [4.69, 9.17) is 14.2 Å². The molecule has 0 spiro atoms. The molecule has 2 amide bonds. The van der Waals surface area contributed by atoms with Crippen molar-refractivity contribution in [3.63, 3.8) is 0 Å². The minimum absolute atomic E-state index is 0.00176. The van der Waals surface area contributed by atoms with Crippen molar-refractivity contribution in [3.8, 4) is 11.5 Å². The first-order chi connectivity index (χ1) is 27.6. The molecule has 3 aliphatic rings. The van der Waals surface area contributed by atoms with Crippen molar-refractivity contribution in [1.82, 2.24) is 9.80 Å². The Hall–Kier alpha value is -5.23. The van der Waals surface area contributed by atoms with Crippen LogP contribution in [-0.4, -0.2) is 74.7 Å². The number of carbonyl (C=O) groups is 2. The molecule has 4 aromatic carbocycles. The van der Waals surface area contributed by atoms with Gasteiger partial charge < -0.3 is 24.0 Å². The molecule has 3 heterocycles. The summed E-state index contributed by atoms with van der Waals surface area (Å²) in [5.41, 5.74) is 1.58. The van der Waals surface area contributed by atoms with Gasteiger partial charge >= 0.3 is 6.09 Å². The number of methoxy groups -OCH3 is 1. The minimum atomic E-state index is -0.951. The maximum Gasteiger partial charge on any atom is 0.410 e. The summed E-state index contributed by atoms with van der Waals surface area (Å²) in [5.74, 6) is -1.98. The van der Waals surface area contributed by atoms with E-state index in [9.17, 15) is 14.0 Å². The molecule has 0 radical (unpaired) electrons. The van der Waals surface area contributed by atoms with Gasteiger partial charge in [0.25, 0.3) is 0 Å². The number of β-lactam (4-membered cyclic amide) rings is 1. The lowest BCUT2D eigenvalue weighted by Gasteiger charge is -2.56. The molecule has 3 saturated heterocycles. The fourth-order valence-electron chi connectivity index (χ4n) is 8.71. The van der Waals surface area contributed by atoms with E-state index in [1.807, 2.05) is 79.4 Å². The lowest BCUT2D eigenvalue weighted by Crippen LogP contribution is -2.63. The van der Waals surface area contributed by atoms with Gasteiger partial charge in [0.1, 0.15) is 30.6 Å². The summed E-state index contributed by atoms with van der Waals surface area (Å²) in [6.07, 6.45) is 2.31. The summed E-state index contributed by atoms with van der Waals surface area (Å²) < 4.78 is 64.2. The quantitative estimate of drug-likeness (QED) is 0.126. The van der Waals surface area contributed by atoms with Crippen LogP contribution in [0.5, 0.6) is 11.5 Å². The average molecular weight is 785 g/mol. The SMILES string of the molecule is CCC1(CC)C(=O)N(c2cc(F)cc(F)c2OCc2ccccc2)[C@H]1c1cc(F)c(N2CCC(CN3CCN(C(=O)OCc4ccccc4)CC3)CC2)cc1OC. The van der Waals surface area contributed by atoms with Crippen molar-refractivity contribution < 1.29 is 37.0 Å². The zero-order chi connectivity index (χ0) is 40.1. The highest BCUT2D eigenvalue weighted by Crippen LogP contribution is 2.59. The van der Waals surface area contributed by atoms with Crippen LogP contribution in [-0.2, 0) is 22.7 Å². The van der Waals surface area contributed by atoms with Crippen LogP contribution in [0.15, 0.2) is 84.9 Å². The second-order valence-electron chi connectivity index (χ2n) is 15.3. The van der Waals surface area contributed by atoms with Gasteiger partial charge in [-0.3, -0.25) is 14.6 Å². The van der Waals surface area contributed by atoms with Gasteiger partial charge in [0, 0.05) is 69.6 Å². The first-order valence-corrected chi connectivity index (χ1v) is 20.0. The van der Waals surface area contributed by atoms with E-state index in [-0.39, 0.29) is 36.7 Å². The highest BCUT2D eigenvalue weighted by molar-refractivity contribution is 6.07. The van der Waals surface area contributed by atoms with Crippen LogP contribution in [0.25, 0.3) is 0 Å². The van der Waals surface area contributed by atoms with Crippen molar-refractivity contribution >= 4 is 23.4 Å². The fourth-order valence-corrected chi connectivity index (χ4v) is 8.71. The zero-order valence-corrected chi connectivity index (χ0v) is 32.9. The molecule has 0 N–H and O–H groups in total. The van der Waals surface area contributed by atoms with E-state index in [1.54, 1.807) is 11.0 Å². The number of piperidine rings is 1. The van der Waals surface area contributed by atoms with E-state index in [2.05, 4.69) is 4.90 Å². The van der Waals surface area contributed by atoms with Crippen LogP contribution in [0.4, 0.5) is 29.3 Å². The molecule has 7 rings (SSSR count). The number of benzene rings is 4. The first-order valence-electron chi connectivity index (χ1n) is 20.0. The molecule has 302 valence electrons. The van der Waals surface area contributed by atoms with Crippen molar-refractivity contribution in [3.05, 3.63) is 119 Å².